The Kier molecular flexibility index (Phi) is 13.4. The zero-order valence-electron chi connectivity index (χ0n) is 11.9. The van der Waals surface area contributed by atoms with Crippen molar-refractivity contribution in [3.8, 4) is 11.8 Å². The van der Waals surface area contributed by atoms with Gasteiger partial charge in [-0.2, -0.15) is 5.26 Å². The minimum atomic E-state index is -0.962. The van der Waals surface area contributed by atoms with Gasteiger partial charge < -0.3 is 15.6 Å². The summed E-state index contributed by atoms with van der Waals surface area (Å²) >= 11 is 4.05. The van der Waals surface area contributed by atoms with E-state index in [1.165, 1.54) is 0 Å². The third kappa shape index (κ3) is 15.9. The van der Waals surface area contributed by atoms with Gasteiger partial charge >= 0.3 is 5.97 Å². The fourth-order valence-electron chi connectivity index (χ4n) is 0.780. The maximum atomic E-state index is 10.1. The molecule has 0 spiro atoms. The van der Waals surface area contributed by atoms with E-state index in [1.54, 1.807) is 12.1 Å². The van der Waals surface area contributed by atoms with E-state index < -0.39 is 5.97 Å². The Balaban J connectivity index is 0. The van der Waals surface area contributed by atoms with Gasteiger partial charge in [0, 0.05) is 5.92 Å². The van der Waals surface area contributed by atoms with Gasteiger partial charge in [0.1, 0.15) is 5.75 Å². The average Bonchev–Trinajstić information content (AvgIpc) is 2.39. The monoisotopic (exact) mass is 296 g/mol. The van der Waals surface area contributed by atoms with Crippen molar-refractivity contribution < 1.29 is 14.6 Å². The maximum absolute atomic E-state index is 10.1. The van der Waals surface area contributed by atoms with E-state index in [0.29, 0.717) is 5.75 Å². The summed E-state index contributed by atoms with van der Waals surface area (Å²) in [5.41, 5.74) is 6.74. The van der Waals surface area contributed by atoms with Crippen LogP contribution < -0.4 is 10.5 Å². The van der Waals surface area contributed by atoms with E-state index in [9.17, 15) is 4.79 Å². The second kappa shape index (κ2) is 13.3. The molecule has 0 aliphatic carbocycles. The molecule has 3 N–H and O–H groups in total. The number of thiocarbonyl (C=S) groups is 1. The Morgan fingerprint density at radius 1 is 1.50 bits per heavy atom. The zero-order valence-corrected chi connectivity index (χ0v) is 12.7. The van der Waals surface area contributed by atoms with Crippen molar-refractivity contribution in [3.05, 3.63) is 29.8 Å². The van der Waals surface area contributed by atoms with Crippen molar-refractivity contribution in [2.75, 3.05) is 6.61 Å². The van der Waals surface area contributed by atoms with Gasteiger partial charge in [-0.25, -0.2) is 4.79 Å². The molecule has 0 fully saturated rings. The highest BCUT2D eigenvalue weighted by Crippen LogP contribution is 2.10. The molecule has 1 rings (SSSR count). The predicted molar refractivity (Wildman–Crippen MR) is 82.6 cm³/mol. The summed E-state index contributed by atoms with van der Waals surface area (Å²) in [5, 5.41) is 16.2. The number of carbonyl (C=O) groups is 1. The van der Waals surface area contributed by atoms with Gasteiger partial charge in [-0.15, -0.1) is 0 Å². The Morgan fingerprint density at radius 2 is 1.90 bits per heavy atom. The van der Waals surface area contributed by atoms with Crippen LogP contribution in [0, 0.1) is 24.2 Å². The molecule has 0 saturated heterocycles. The van der Waals surface area contributed by atoms with Gasteiger partial charge in [-0.3, -0.25) is 0 Å². The summed E-state index contributed by atoms with van der Waals surface area (Å²) < 4.78 is 4.92. The standard InChI is InChI=1S/C9H10O3.C4H7N.CH3NS/c1-7-2-4-8(5-3-7)12-6-9(10)11;1-4(2)3-5;2-1-3/h2-5H,6H2,1H3,(H,10,11);4H,1-2H3;1H,(H2,2,3). The van der Waals surface area contributed by atoms with Crippen LogP contribution in [0.1, 0.15) is 19.4 Å². The number of nitrogens with two attached hydrogens (primary N) is 1. The highest BCUT2D eigenvalue weighted by atomic mass is 32.1. The Bertz CT molecular complexity index is 425. The molecule has 0 aliphatic rings. The summed E-state index contributed by atoms with van der Waals surface area (Å²) in [6.07, 6.45) is 0. The number of nitriles is 1. The van der Waals surface area contributed by atoms with Crippen LogP contribution in [0.5, 0.6) is 5.75 Å². The lowest BCUT2D eigenvalue weighted by atomic mass is 10.2. The summed E-state index contributed by atoms with van der Waals surface area (Å²) in [7, 11) is 0. The van der Waals surface area contributed by atoms with Crippen molar-refractivity contribution in [2.45, 2.75) is 20.8 Å². The lowest BCUT2D eigenvalue weighted by Gasteiger charge is -2.01. The van der Waals surface area contributed by atoms with Crippen molar-refractivity contribution in [1.82, 2.24) is 0 Å². The Morgan fingerprint density at radius 3 is 2.20 bits per heavy atom. The molecule has 1 aromatic carbocycles. The van der Waals surface area contributed by atoms with Crippen LogP contribution in [0.4, 0.5) is 0 Å². The average molecular weight is 296 g/mol. The molecule has 6 heteroatoms. The largest absolute Gasteiger partial charge is 0.482 e. The SMILES string of the molecule is CC(C)C#N.Cc1ccc(OCC(=O)O)cc1.NC=S. The smallest absolute Gasteiger partial charge is 0.341 e. The Labute approximate surface area is 125 Å². The van der Waals surface area contributed by atoms with Gasteiger partial charge in [0.05, 0.1) is 11.6 Å². The lowest BCUT2D eigenvalue weighted by molar-refractivity contribution is -0.139. The van der Waals surface area contributed by atoms with E-state index in [-0.39, 0.29) is 12.5 Å². The molecule has 0 saturated carbocycles. The fourth-order valence-corrected chi connectivity index (χ4v) is 0.780. The summed E-state index contributed by atoms with van der Waals surface area (Å²) in [5.74, 6) is -0.187. The second-order valence-electron chi connectivity index (χ2n) is 3.92. The third-order valence-electron chi connectivity index (χ3n) is 1.64. The number of carboxylic acids is 1. The molecule has 0 radical (unpaired) electrons. The number of rotatable bonds is 3. The summed E-state index contributed by atoms with van der Waals surface area (Å²) in [6, 6.07) is 9.27. The number of carboxylic acid groups (broad SMARTS) is 1. The van der Waals surface area contributed by atoms with Crippen LogP contribution >= 0.6 is 12.2 Å². The minimum Gasteiger partial charge on any atom is -0.482 e. The molecule has 20 heavy (non-hydrogen) atoms. The highest BCUT2D eigenvalue weighted by Gasteiger charge is 1.97. The first-order valence-electron chi connectivity index (χ1n) is 5.83. The molecule has 1 aromatic rings. The molecule has 110 valence electrons. The van der Waals surface area contributed by atoms with E-state index in [4.69, 9.17) is 15.1 Å². The quantitative estimate of drug-likeness (QED) is 0.832. The van der Waals surface area contributed by atoms with Crippen molar-refractivity contribution in [1.29, 1.82) is 5.26 Å². The van der Waals surface area contributed by atoms with Gasteiger partial charge in [-0.05, 0) is 32.9 Å². The molecule has 0 atom stereocenters. The molecule has 0 unspecified atom stereocenters. The van der Waals surface area contributed by atoms with Crippen LogP contribution in [0.15, 0.2) is 24.3 Å². The van der Waals surface area contributed by atoms with Gasteiger partial charge in [0.2, 0.25) is 0 Å². The number of nitrogens with zero attached hydrogens (tertiary/aromatic N) is 1. The number of benzene rings is 1. The highest BCUT2D eigenvalue weighted by molar-refractivity contribution is 7.78. The first-order chi connectivity index (χ1) is 9.37. The summed E-state index contributed by atoms with van der Waals surface area (Å²) in [4.78, 5) is 10.1. The first kappa shape index (κ1) is 20.2. The number of hydrogen-bond donors (Lipinski definition) is 2. The molecule has 0 aromatic heterocycles. The normalized spacial score (nSPS) is 8.15. The third-order valence-corrected chi connectivity index (χ3v) is 1.64. The molecule has 0 aliphatic heterocycles. The first-order valence-corrected chi connectivity index (χ1v) is 6.30. The predicted octanol–water partition coefficient (Wildman–Crippen LogP) is 2.53. The van der Waals surface area contributed by atoms with E-state index >= 15 is 0 Å². The molecular formula is C14H20N2O3S. The number of aliphatic carboxylic acids is 1. The molecule has 0 heterocycles. The number of hydrogen-bond acceptors (Lipinski definition) is 4. The fraction of sp³-hybridized carbons (Fsp3) is 0.357. The van der Waals surface area contributed by atoms with Gasteiger partial charge in [-0.1, -0.05) is 29.9 Å². The van der Waals surface area contributed by atoms with E-state index in [2.05, 4.69) is 18.0 Å². The number of aryl methyl sites for hydroxylation is 1. The molecule has 5 nitrogen and oxygen atoms in total. The molecule has 0 amide bonds. The van der Waals surface area contributed by atoms with Crippen LogP contribution in [-0.4, -0.2) is 23.2 Å². The molecule has 0 bridgehead atoms. The topological polar surface area (TPSA) is 96.3 Å². The van der Waals surface area contributed by atoms with Crippen LogP contribution in [0.2, 0.25) is 0 Å². The van der Waals surface area contributed by atoms with E-state index in [0.717, 1.165) is 11.1 Å². The zero-order chi connectivity index (χ0) is 16.0. The van der Waals surface area contributed by atoms with Crippen LogP contribution in [-0.2, 0) is 4.79 Å². The lowest BCUT2D eigenvalue weighted by Crippen LogP contribution is -2.09. The van der Waals surface area contributed by atoms with Crippen LogP contribution in [0.3, 0.4) is 0 Å². The minimum absolute atomic E-state index is 0.190. The van der Waals surface area contributed by atoms with Gasteiger partial charge in [0.15, 0.2) is 6.61 Å². The Hall–Kier alpha value is -2.13. The van der Waals surface area contributed by atoms with Crippen molar-refractivity contribution in [3.63, 3.8) is 0 Å². The van der Waals surface area contributed by atoms with Crippen LogP contribution in [0.25, 0.3) is 0 Å². The maximum Gasteiger partial charge on any atom is 0.341 e. The van der Waals surface area contributed by atoms with Gasteiger partial charge in [0.25, 0.3) is 0 Å². The summed E-state index contributed by atoms with van der Waals surface area (Å²) in [6.45, 7) is 5.39. The van der Waals surface area contributed by atoms with Crippen molar-refractivity contribution in [2.24, 2.45) is 11.7 Å². The molecular weight excluding hydrogens is 276 g/mol. The second-order valence-corrected chi connectivity index (χ2v) is 4.19. The van der Waals surface area contributed by atoms with E-state index in [1.807, 2.05) is 39.0 Å². The van der Waals surface area contributed by atoms with Crippen molar-refractivity contribution >= 4 is 23.7 Å². The number of ether oxygens (including phenoxy) is 1.